The second-order valence-corrected chi connectivity index (χ2v) is 8.17. The van der Waals surface area contributed by atoms with Crippen molar-refractivity contribution in [2.75, 3.05) is 56.2 Å². The average Bonchev–Trinajstić information content (AvgIpc) is 2.78. The molecule has 2 heterocycles. The van der Waals surface area contributed by atoms with Crippen LogP contribution < -0.4 is 10.2 Å². The summed E-state index contributed by atoms with van der Waals surface area (Å²) in [6.45, 7) is 6.54. The highest BCUT2D eigenvalue weighted by molar-refractivity contribution is 6.34. The van der Waals surface area contributed by atoms with Gasteiger partial charge in [0.2, 0.25) is 0 Å². The third-order valence-electron chi connectivity index (χ3n) is 5.75. The van der Waals surface area contributed by atoms with Crippen LogP contribution in [0, 0.1) is 10.1 Å². The van der Waals surface area contributed by atoms with Crippen LogP contribution >= 0.6 is 11.6 Å². The normalized spacial score (nSPS) is 16.6. The summed E-state index contributed by atoms with van der Waals surface area (Å²) in [5, 5.41) is 14.0. The van der Waals surface area contributed by atoms with Crippen LogP contribution in [0.3, 0.4) is 0 Å². The Hall–Kier alpha value is -2.68. The zero-order chi connectivity index (χ0) is 21.8. The molecular weight excluding hydrogens is 420 g/mol. The van der Waals surface area contributed by atoms with E-state index in [2.05, 4.69) is 15.1 Å². The number of nitro benzene ring substituents is 1. The SMILES string of the molecule is O=C(Nc1ccc2c(c1)CCCN2CCN1CCOCC1)c1cc([N+](=O)[O-])ccc1Cl. The van der Waals surface area contributed by atoms with Crippen LogP contribution in [0.15, 0.2) is 36.4 Å². The first kappa shape index (κ1) is 21.5. The Morgan fingerprint density at radius 1 is 1.13 bits per heavy atom. The Morgan fingerprint density at radius 3 is 2.71 bits per heavy atom. The molecule has 0 spiro atoms. The maximum Gasteiger partial charge on any atom is 0.270 e. The number of amides is 1. The van der Waals surface area contributed by atoms with Crippen LogP contribution in [0.1, 0.15) is 22.3 Å². The fourth-order valence-electron chi connectivity index (χ4n) is 4.07. The molecule has 1 N–H and O–H groups in total. The molecule has 0 radical (unpaired) electrons. The van der Waals surface area contributed by atoms with E-state index in [0.717, 1.165) is 58.8 Å². The maximum absolute atomic E-state index is 12.7. The zero-order valence-electron chi connectivity index (χ0n) is 17.2. The van der Waals surface area contributed by atoms with E-state index in [9.17, 15) is 14.9 Å². The molecule has 0 bridgehead atoms. The van der Waals surface area contributed by atoms with Crippen molar-refractivity contribution in [3.63, 3.8) is 0 Å². The second-order valence-electron chi connectivity index (χ2n) is 7.76. The summed E-state index contributed by atoms with van der Waals surface area (Å²) in [6, 6.07) is 9.74. The Morgan fingerprint density at radius 2 is 1.94 bits per heavy atom. The van der Waals surface area contributed by atoms with Gasteiger partial charge in [0.1, 0.15) is 0 Å². The van der Waals surface area contributed by atoms with Crippen molar-refractivity contribution in [2.24, 2.45) is 0 Å². The van der Waals surface area contributed by atoms with Crippen LogP contribution in [0.5, 0.6) is 0 Å². The van der Waals surface area contributed by atoms with Crippen molar-refractivity contribution in [3.05, 3.63) is 62.7 Å². The third-order valence-corrected chi connectivity index (χ3v) is 6.08. The molecular formula is C22H25ClN4O4. The number of hydrogen-bond donors (Lipinski definition) is 1. The van der Waals surface area contributed by atoms with Crippen LogP contribution in [0.25, 0.3) is 0 Å². The molecule has 0 aliphatic carbocycles. The number of non-ortho nitro benzene ring substituents is 1. The van der Waals surface area contributed by atoms with Gasteiger partial charge in [-0.25, -0.2) is 0 Å². The monoisotopic (exact) mass is 444 g/mol. The molecule has 31 heavy (non-hydrogen) atoms. The largest absolute Gasteiger partial charge is 0.379 e. The third kappa shape index (κ3) is 5.15. The van der Waals surface area contributed by atoms with Gasteiger partial charge in [0, 0.05) is 56.2 Å². The van der Waals surface area contributed by atoms with Gasteiger partial charge in [-0.3, -0.25) is 19.8 Å². The van der Waals surface area contributed by atoms with Gasteiger partial charge in [-0.05, 0) is 42.7 Å². The molecule has 1 amide bonds. The van der Waals surface area contributed by atoms with Gasteiger partial charge in [-0.2, -0.15) is 0 Å². The van der Waals surface area contributed by atoms with Crippen molar-refractivity contribution in [2.45, 2.75) is 12.8 Å². The van der Waals surface area contributed by atoms with Gasteiger partial charge < -0.3 is 15.0 Å². The number of anilines is 2. The first-order chi connectivity index (χ1) is 15.0. The highest BCUT2D eigenvalue weighted by atomic mass is 35.5. The topological polar surface area (TPSA) is 88.0 Å². The van der Waals surface area contributed by atoms with E-state index < -0.39 is 10.8 Å². The standard InChI is InChI=1S/C22H25ClN4O4/c23-20-5-4-18(27(29)30)15-19(20)22(28)24-17-3-6-21-16(14-17)2-1-7-26(21)9-8-25-10-12-31-13-11-25/h3-6,14-15H,1-2,7-13H2,(H,24,28). The molecule has 164 valence electrons. The number of rotatable bonds is 6. The summed E-state index contributed by atoms with van der Waals surface area (Å²) in [4.78, 5) is 28.0. The predicted octanol–water partition coefficient (Wildman–Crippen LogP) is 3.59. The summed E-state index contributed by atoms with van der Waals surface area (Å²) in [5.41, 5.74) is 2.96. The molecule has 0 saturated carbocycles. The summed E-state index contributed by atoms with van der Waals surface area (Å²) < 4.78 is 5.42. The van der Waals surface area contributed by atoms with Crippen molar-refractivity contribution in [1.29, 1.82) is 0 Å². The fraction of sp³-hybridized carbons (Fsp3) is 0.409. The van der Waals surface area contributed by atoms with Crippen LogP contribution in [0.4, 0.5) is 17.1 Å². The lowest BCUT2D eigenvalue weighted by Gasteiger charge is -2.34. The molecule has 0 aromatic heterocycles. The van der Waals surface area contributed by atoms with E-state index in [1.54, 1.807) is 0 Å². The number of fused-ring (bicyclic) bond motifs is 1. The van der Waals surface area contributed by atoms with Gasteiger partial charge in [-0.1, -0.05) is 11.6 Å². The highest BCUT2D eigenvalue weighted by Crippen LogP contribution is 2.30. The van der Waals surface area contributed by atoms with Gasteiger partial charge >= 0.3 is 0 Å². The lowest BCUT2D eigenvalue weighted by Crippen LogP contribution is -2.42. The maximum atomic E-state index is 12.7. The van der Waals surface area contributed by atoms with Crippen LogP contribution in [-0.2, 0) is 11.2 Å². The molecule has 2 aliphatic heterocycles. The number of carbonyl (C=O) groups is 1. The van der Waals surface area contributed by atoms with E-state index in [1.807, 2.05) is 18.2 Å². The summed E-state index contributed by atoms with van der Waals surface area (Å²) in [7, 11) is 0. The molecule has 0 atom stereocenters. The summed E-state index contributed by atoms with van der Waals surface area (Å²) in [6.07, 6.45) is 2.01. The number of hydrogen-bond acceptors (Lipinski definition) is 6. The smallest absolute Gasteiger partial charge is 0.270 e. The molecule has 9 heteroatoms. The van der Waals surface area contributed by atoms with Crippen molar-refractivity contribution < 1.29 is 14.5 Å². The minimum Gasteiger partial charge on any atom is -0.379 e. The van der Waals surface area contributed by atoms with E-state index in [4.69, 9.17) is 16.3 Å². The minimum atomic E-state index is -0.544. The lowest BCUT2D eigenvalue weighted by atomic mass is 10.0. The summed E-state index contributed by atoms with van der Waals surface area (Å²) >= 11 is 6.09. The number of morpholine rings is 1. The van der Waals surface area contributed by atoms with Gasteiger partial charge in [0.15, 0.2) is 0 Å². The van der Waals surface area contributed by atoms with Gasteiger partial charge in [0.05, 0.1) is 28.7 Å². The molecule has 2 aromatic carbocycles. The van der Waals surface area contributed by atoms with Crippen molar-refractivity contribution in [3.8, 4) is 0 Å². The highest BCUT2D eigenvalue weighted by Gasteiger charge is 2.20. The van der Waals surface area contributed by atoms with E-state index in [1.165, 1.54) is 29.4 Å². The molecule has 1 fully saturated rings. The van der Waals surface area contributed by atoms with E-state index in [-0.39, 0.29) is 16.3 Å². The van der Waals surface area contributed by atoms with Crippen molar-refractivity contribution >= 4 is 34.6 Å². The zero-order valence-corrected chi connectivity index (χ0v) is 17.9. The Labute approximate surface area is 185 Å². The van der Waals surface area contributed by atoms with Crippen molar-refractivity contribution in [1.82, 2.24) is 4.90 Å². The molecule has 4 rings (SSSR count). The number of halogens is 1. The number of ether oxygens (including phenoxy) is 1. The van der Waals surface area contributed by atoms with Crippen LogP contribution in [-0.4, -0.2) is 61.7 Å². The minimum absolute atomic E-state index is 0.0840. The lowest BCUT2D eigenvalue weighted by molar-refractivity contribution is -0.384. The number of aryl methyl sites for hydroxylation is 1. The number of benzene rings is 2. The number of nitro groups is 1. The average molecular weight is 445 g/mol. The van der Waals surface area contributed by atoms with E-state index >= 15 is 0 Å². The first-order valence-corrected chi connectivity index (χ1v) is 10.8. The molecule has 0 unspecified atom stereocenters. The summed E-state index contributed by atoms with van der Waals surface area (Å²) in [5.74, 6) is -0.464. The van der Waals surface area contributed by atoms with Crippen LogP contribution in [0.2, 0.25) is 5.02 Å². The quantitative estimate of drug-likeness (QED) is 0.541. The van der Waals surface area contributed by atoms with Gasteiger partial charge in [0.25, 0.3) is 11.6 Å². The molecule has 1 saturated heterocycles. The molecule has 8 nitrogen and oxygen atoms in total. The number of nitrogens with zero attached hydrogens (tertiary/aromatic N) is 3. The molecule has 2 aliphatic rings. The predicted molar refractivity (Wildman–Crippen MR) is 120 cm³/mol. The Bertz CT molecular complexity index is 978. The Balaban J connectivity index is 1.45. The first-order valence-electron chi connectivity index (χ1n) is 10.4. The second kappa shape index (κ2) is 9.64. The van der Waals surface area contributed by atoms with Gasteiger partial charge in [-0.15, -0.1) is 0 Å². The number of carbonyl (C=O) groups excluding carboxylic acids is 1. The number of nitrogens with one attached hydrogen (secondary N) is 1. The fourth-order valence-corrected chi connectivity index (χ4v) is 4.27. The molecule has 2 aromatic rings. The van der Waals surface area contributed by atoms with E-state index in [0.29, 0.717) is 5.69 Å². The Kier molecular flexibility index (Phi) is 6.70.